The van der Waals surface area contributed by atoms with Crippen LogP contribution in [0.2, 0.25) is 0 Å². The summed E-state index contributed by atoms with van der Waals surface area (Å²) in [5.41, 5.74) is 4.53. The minimum absolute atomic E-state index is 0.0294. The summed E-state index contributed by atoms with van der Waals surface area (Å²) in [6, 6.07) is 12.5. The van der Waals surface area contributed by atoms with E-state index in [-0.39, 0.29) is 30.0 Å². The maximum Gasteiger partial charge on any atom is 0.227 e. The Kier molecular flexibility index (Phi) is 7.41. The zero-order valence-corrected chi connectivity index (χ0v) is 20.1. The Morgan fingerprint density at radius 1 is 1.12 bits per heavy atom. The molecule has 0 saturated heterocycles. The first kappa shape index (κ1) is 24.1. The van der Waals surface area contributed by atoms with E-state index in [9.17, 15) is 13.6 Å². The minimum Gasteiger partial charge on any atom is -0.334 e. The molecule has 0 spiro atoms. The van der Waals surface area contributed by atoms with Crippen LogP contribution < -0.4 is 0 Å². The molecule has 5 nitrogen and oxygen atoms in total. The minimum atomic E-state index is -0.317. The molecule has 7 heteroatoms. The summed E-state index contributed by atoms with van der Waals surface area (Å²) in [6.45, 7) is 9.22. The van der Waals surface area contributed by atoms with E-state index in [0.717, 1.165) is 55.0 Å². The van der Waals surface area contributed by atoms with Crippen LogP contribution in [-0.4, -0.2) is 44.6 Å². The number of amides is 1. The van der Waals surface area contributed by atoms with Gasteiger partial charge in [-0.2, -0.15) is 5.10 Å². The molecule has 0 N–H and O–H groups in total. The first-order valence-corrected chi connectivity index (χ1v) is 12.0. The fourth-order valence-electron chi connectivity index (χ4n) is 4.60. The van der Waals surface area contributed by atoms with Crippen molar-refractivity contribution in [1.29, 1.82) is 0 Å². The van der Waals surface area contributed by atoms with E-state index in [1.807, 2.05) is 29.5 Å². The topological polar surface area (TPSA) is 41.4 Å². The van der Waals surface area contributed by atoms with Crippen LogP contribution in [0.15, 0.2) is 48.5 Å². The SMILES string of the molecule is CCCN1CCc2c(c(CN(C(=O)Cc3ccc(F)cc3)C(C)C)nn2-c2cccc(F)c2)C1. The zero-order valence-electron chi connectivity index (χ0n) is 20.1. The van der Waals surface area contributed by atoms with Crippen molar-refractivity contribution in [3.8, 4) is 5.69 Å². The van der Waals surface area contributed by atoms with Crippen molar-refractivity contribution in [2.45, 2.75) is 59.2 Å². The number of carbonyl (C=O) groups excluding carboxylic acids is 1. The molecule has 0 atom stereocenters. The summed E-state index contributed by atoms with van der Waals surface area (Å²) in [6.07, 6.45) is 2.09. The molecule has 1 aliphatic rings. The van der Waals surface area contributed by atoms with Crippen LogP contribution in [0.5, 0.6) is 0 Å². The maximum absolute atomic E-state index is 14.0. The zero-order chi connectivity index (χ0) is 24.2. The Labute approximate surface area is 200 Å². The van der Waals surface area contributed by atoms with Gasteiger partial charge in [0, 0.05) is 31.1 Å². The number of carbonyl (C=O) groups is 1. The average Bonchev–Trinajstić information content (AvgIpc) is 3.16. The monoisotopic (exact) mass is 466 g/mol. The van der Waals surface area contributed by atoms with Crippen molar-refractivity contribution >= 4 is 5.91 Å². The number of fused-ring (bicyclic) bond motifs is 1. The molecule has 2 aromatic carbocycles. The standard InChI is InChI=1S/C27H32F2N4O/c1-4-13-31-14-12-26-24(17-31)25(30-33(26)23-7-5-6-22(29)16-23)18-32(19(2)3)27(34)15-20-8-10-21(28)11-9-20/h5-11,16,19H,4,12-15,17-18H2,1-3H3. The molecular formula is C27H32F2N4O. The lowest BCUT2D eigenvalue weighted by molar-refractivity contribution is -0.132. The van der Waals surface area contributed by atoms with E-state index in [0.29, 0.717) is 12.2 Å². The number of rotatable bonds is 8. The van der Waals surface area contributed by atoms with Crippen LogP contribution >= 0.6 is 0 Å². The number of hydrogen-bond donors (Lipinski definition) is 0. The highest BCUT2D eigenvalue weighted by Crippen LogP contribution is 2.27. The van der Waals surface area contributed by atoms with Crippen molar-refractivity contribution in [1.82, 2.24) is 19.6 Å². The second-order valence-electron chi connectivity index (χ2n) is 9.21. The average molecular weight is 467 g/mol. The Balaban J connectivity index is 1.66. The van der Waals surface area contributed by atoms with E-state index >= 15 is 0 Å². The van der Waals surface area contributed by atoms with Gasteiger partial charge in [0.1, 0.15) is 11.6 Å². The molecule has 0 unspecified atom stereocenters. The number of hydrogen-bond acceptors (Lipinski definition) is 3. The summed E-state index contributed by atoms with van der Waals surface area (Å²) in [5, 5.41) is 4.90. The van der Waals surface area contributed by atoms with E-state index in [1.54, 1.807) is 18.2 Å². The van der Waals surface area contributed by atoms with Gasteiger partial charge in [0.25, 0.3) is 0 Å². The molecule has 0 aliphatic carbocycles. The molecule has 1 aromatic heterocycles. The van der Waals surface area contributed by atoms with Crippen molar-refractivity contribution in [2.24, 2.45) is 0 Å². The van der Waals surface area contributed by atoms with Gasteiger partial charge in [-0.1, -0.05) is 25.1 Å². The van der Waals surface area contributed by atoms with Gasteiger partial charge >= 0.3 is 0 Å². The number of benzene rings is 2. The molecule has 2 heterocycles. The molecular weight excluding hydrogens is 434 g/mol. The van der Waals surface area contributed by atoms with Gasteiger partial charge in [-0.3, -0.25) is 9.69 Å². The van der Waals surface area contributed by atoms with Gasteiger partial charge < -0.3 is 4.90 Å². The van der Waals surface area contributed by atoms with Crippen LogP contribution in [-0.2, 0) is 30.7 Å². The van der Waals surface area contributed by atoms with E-state index in [2.05, 4.69) is 11.8 Å². The highest BCUT2D eigenvalue weighted by molar-refractivity contribution is 5.79. The number of halogens is 2. The molecule has 1 aliphatic heterocycles. The van der Waals surface area contributed by atoms with Crippen molar-refractivity contribution in [3.63, 3.8) is 0 Å². The lowest BCUT2D eigenvalue weighted by atomic mass is 10.0. The highest BCUT2D eigenvalue weighted by Gasteiger charge is 2.28. The van der Waals surface area contributed by atoms with Gasteiger partial charge in [0.2, 0.25) is 5.91 Å². The first-order valence-electron chi connectivity index (χ1n) is 12.0. The fraction of sp³-hybridized carbons (Fsp3) is 0.407. The molecule has 0 fully saturated rings. The predicted octanol–water partition coefficient (Wildman–Crippen LogP) is 4.90. The summed E-state index contributed by atoms with van der Waals surface area (Å²) >= 11 is 0. The summed E-state index contributed by atoms with van der Waals surface area (Å²) in [7, 11) is 0. The smallest absolute Gasteiger partial charge is 0.227 e. The quantitative estimate of drug-likeness (QED) is 0.474. The largest absolute Gasteiger partial charge is 0.334 e. The molecule has 0 radical (unpaired) electrons. The third-order valence-corrected chi connectivity index (χ3v) is 6.34. The van der Waals surface area contributed by atoms with Crippen LogP contribution in [0.3, 0.4) is 0 Å². The van der Waals surface area contributed by atoms with Gasteiger partial charge in [0.05, 0.1) is 30.0 Å². The first-order chi connectivity index (χ1) is 16.4. The summed E-state index contributed by atoms with van der Waals surface area (Å²) < 4.78 is 29.1. The Bertz CT molecular complexity index is 1140. The Morgan fingerprint density at radius 2 is 1.88 bits per heavy atom. The Hall–Kier alpha value is -3.06. The van der Waals surface area contributed by atoms with E-state index in [4.69, 9.17) is 5.10 Å². The molecule has 34 heavy (non-hydrogen) atoms. The van der Waals surface area contributed by atoms with Crippen molar-refractivity contribution in [2.75, 3.05) is 13.1 Å². The number of aromatic nitrogens is 2. The number of nitrogens with zero attached hydrogens (tertiary/aromatic N) is 4. The maximum atomic E-state index is 14.0. The van der Waals surface area contributed by atoms with Crippen LogP contribution in [0.25, 0.3) is 5.69 Å². The molecule has 0 bridgehead atoms. The van der Waals surface area contributed by atoms with Crippen molar-refractivity contribution in [3.05, 3.63) is 82.7 Å². The third kappa shape index (κ3) is 5.36. The van der Waals surface area contributed by atoms with Crippen LogP contribution in [0.4, 0.5) is 8.78 Å². The molecule has 3 aromatic rings. The van der Waals surface area contributed by atoms with Gasteiger partial charge in [-0.05, 0) is 62.7 Å². The van der Waals surface area contributed by atoms with E-state index in [1.165, 1.54) is 24.3 Å². The normalized spacial score (nSPS) is 13.8. The predicted molar refractivity (Wildman–Crippen MR) is 129 cm³/mol. The van der Waals surface area contributed by atoms with Gasteiger partial charge in [0.15, 0.2) is 0 Å². The second kappa shape index (κ2) is 10.5. The van der Waals surface area contributed by atoms with Crippen molar-refractivity contribution < 1.29 is 13.6 Å². The molecule has 0 saturated carbocycles. The summed E-state index contributed by atoms with van der Waals surface area (Å²) in [5.74, 6) is -0.648. The van der Waals surface area contributed by atoms with E-state index < -0.39 is 0 Å². The van der Waals surface area contributed by atoms with Crippen LogP contribution in [0.1, 0.15) is 49.7 Å². The molecule has 4 rings (SSSR count). The highest BCUT2D eigenvalue weighted by atomic mass is 19.1. The fourth-order valence-corrected chi connectivity index (χ4v) is 4.60. The van der Waals surface area contributed by atoms with Gasteiger partial charge in [-0.25, -0.2) is 13.5 Å². The lowest BCUT2D eigenvalue weighted by Gasteiger charge is -2.29. The Morgan fingerprint density at radius 3 is 2.56 bits per heavy atom. The third-order valence-electron chi connectivity index (χ3n) is 6.34. The second-order valence-corrected chi connectivity index (χ2v) is 9.21. The molecule has 180 valence electrons. The van der Waals surface area contributed by atoms with Crippen LogP contribution in [0, 0.1) is 11.6 Å². The summed E-state index contributed by atoms with van der Waals surface area (Å²) in [4.78, 5) is 17.5. The van der Waals surface area contributed by atoms with Gasteiger partial charge in [-0.15, -0.1) is 0 Å². The lowest BCUT2D eigenvalue weighted by Crippen LogP contribution is -2.38. The molecule has 1 amide bonds.